The van der Waals surface area contributed by atoms with Crippen LogP contribution in [0.15, 0.2) is 30.5 Å². The number of aryl methyl sites for hydroxylation is 1. The van der Waals surface area contributed by atoms with Crippen molar-refractivity contribution in [3.8, 4) is 11.4 Å². The molecule has 1 aliphatic rings. The number of amides is 1. The van der Waals surface area contributed by atoms with Crippen LogP contribution >= 0.6 is 0 Å². The fourth-order valence-corrected chi connectivity index (χ4v) is 3.52. The molecule has 0 saturated carbocycles. The highest BCUT2D eigenvalue weighted by Gasteiger charge is 2.35. The highest BCUT2D eigenvalue weighted by atomic mass is 19.1. The molecule has 8 nitrogen and oxygen atoms in total. The summed E-state index contributed by atoms with van der Waals surface area (Å²) in [5, 5.41) is 11.4. The summed E-state index contributed by atoms with van der Waals surface area (Å²) in [5.74, 6) is -0.665. The molecule has 3 N–H and O–H groups in total. The zero-order chi connectivity index (χ0) is 19.5. The summed E-state index contributed by atoms with van der Waals surface area (Å²) in [7, 11) is 1.73. The van der Waals surface area contributed by atoms with Gasteiger partial charge < -0.3 is 15.6 Å². The van der Waals surface area contributed by atoms with Crippen LogP contribution in [-0.4, -0.2) is 49.3 Å². The number of hydrogen-bond donors (Lipinski definition) is 3. The third kappa shape index (κ3) is 2.55. The molecule has 142 valence electrons. The van der Waals surface area contributed by atoms with Gasteiger partial charge in [-0.15, -0.1) is 0 Å². The Morgan fingerprint density at radius 3 is 2.82 bits per heavy atom. The van der Waals surface area contributed by atoms with Crippen LogP contribution in [0.3, 0.4) is 0 Å². The summed E-state index contributed by atoms with van der Waals surface area (Å²) in [6.07, 6.45) is 1.72. The number of H-pyrrole nitrogens is 1. The Labute approximate surface area is 159 Å². The number of carbonyl (C=O) groups excluding carboxylic acids is 1. The maximum Gasteiger partial charge on any atom is 0.272 e. The standard InChI is InChI=1S/C19H18FN7O/c1-19(8-21-9-19)25-18(28)16-15(23-12-5-6-22-17(12)24-16)14-11-4-3-10(20)7-13(11)27(2)26-14/h3-7,21H,8-9H2,1-2H3,(H,22,24)(H,25,28). The summed E-state index contributed by atoms with van der Waals surface area (Å²) < 4.78 is 15.3. The van der Waals surface area contributed by atoms with Gasteiger partial charge in [0, 0.05) is 31.7 Å². The monoisotopic (exact) mass is 379 g/mol. The number of benzene rings is 1. The van der Waals surface area contributed by atoms with Crippen molar-refractivity contribution < 1.29 is 9.18 Å². The molecule has 4 heterocycles. The molecule has 0 unspecified atom stereocenters. The third-order valence-corrected chi connectivity index (χ3v) is 5.08. The number of halogens is 1. The third-order valence-electron chi connectivity index (χ3n) is 5.08. The van der Waals surface area contributed by atoms with E-state index in [0.29, 0.717) is 46.5 Å². The Kier molecular flexibility index (Phi) is 3.50. The first-order chi connectivity index (χ1) is 13.4. The first-order valence-electron chi connectivity index (χ1n) is 8.94. The van der Waals surface area contributed by atoms with E-state index in [1.165, 1.54) is 12.1 Å². The van der Waals surface area contributed by atoms with Crippen LogP contribution in [0, 0.1) is 5.82 Å². The van der Waals surface area contributed by atoms with Crippen molar-refractivity contribution in [3.05, 3.63) is 42.0 Å². The van der Waals surface area contributed by atoms with Crippen molar-refractivity contribution in [1.82, 2.24) is 35.4 Å². The number of rotatable bonds is 3. The molecule has 0 bridgehead atoms. The van der Waals surface area contributed by atoms with Gasteiger partial charge in [0.25, 0.3) is 5.91 Å². The van der Waals surface area contributed by atoms with Crippen LogP contribution in [0.2, 0.25) is 0 Å². The molecule has 0 radical (unpaired) electrons. The van der Waals surface area contributed by atoms with Gasteiger partial charge in [0.1, 0.15) is 22.7 Å². The molecule has 3 aromatic heterocycles. The van der Waals surface area contributed by atoms with Crippen LogP contribution in [0.1, 0.15) is 17.4 Å². The Hall–Kier alpha value is -3.33. The zero-order valence-electron chi connectivity index (χ0n) is 15.4. The molecule has 0 atom stereocenters. The molecule has 0 spiro atoms. The summed E-state index contributed by atoms with van der Waals surface area (Å²) in [6.45, 7) is 3.36. The SMILES string of the molecule is Cn1nc(-c2nc3cc[nH]c3nc2C(=O)NC2(C)CNC2)c2ccc(F)cc21. The molecular formula is C19H18FN7O. The minimum Gasteiger partial charge on any atom is -0.345 e. The van der Waals surface area contributed by atoms with Crippen LogP contribution < -0.4 is 10.6 Å². The summed E-state index contributed by atoms with van der Waals surface area (Å²) >= 11 is 0. The van der Waals surface area contributed by atoms with E-state index in [2.05, 4.69) is 30.7 Å². The lowest BCUT2D eigenvalue weighted by atomic mass is 9.95. The maximum absolute atomic E-state index is 13.7. The molecule has 28 heavy (non-hydrogen) atoms. The Bertz CT molecular complexity index is 1240. The van der Waals surface area contributed by atoms with Gasteiger partial charge in [-0.05, 0) is 31.2 Å². The molecule has 0 aliphatic carbocycles. The van der Waals surface area contributed by atoms with E-state index in [4.69, 9.17) is 0 Å². The minimum atomic E-state index is -0.349. The summed E-state index contributed by atoms with van der Waals surface area (Å²) in [6, 6.07) is 6.22. The molecule has 9 heteroatoms. The van der Waals surface area contributed by atoms with E-state index in [1.807, 2.05) is 6.92 Å². The number of aromatic nitrogens is 5. The van der Waals surface area contributed by atoms with Crippen molar-refractivity contribution in [2.24, 2.45) is 7.05 Å². The molecule has 5 rings (SSSR count). The normalized spacial score (nSPS) is 15.7. The Balaban J connectivity index is 1.71. The van der Waals surface area contributed by atoms with Gasteiger partial charge in [-0.1, -0.05) is 0 Å². The van der Waals surface area contributed by atoms with Crippen LogP contribution in [0.5, 0.6) is 0 Å². The quantitative estimate of drug-likeness (QED) is 0.503. The number of aromatic amines is 1. The van der Waals surface area contributed by atoms with Crippen molar-refractivity contribution in [2.45, 2.75) is 12.5 Å². The number of nitrogens with one attached hydrogen (secondary N) is 3. The largest absolute Gasteiger partial charge is 0.345 e. The number of fused-ring (bicyclic) bond motifs is 2. The van der Waals surface area contributed by atoms with E-state index in [9.17, 15) is 9.18 Å². The van der Waals surface area contributed by atoms with Crippen molar-refractivity contribution in [3.63, 3.8) is 0 Å². The summed E-state index contributed by atoms with van der Waals surface area (Å²) in [4.78, 5) is 25.2. The second kappa shape index (κ2) is 5.83. The predicted molar refractivity (Wildman–Crippen MR) is 102 cm³/mol. The Morgan fingerprint density at radius 1 is 1.25 bits per heavy atom. The van der Waals surface area contributed by atoms with Crippen LogP contribution in [-0.2, 0) is 7.05 Å². The Morgan fingerprint density at radius 2 is 2.07 bits per heavy atom. The topological polar surface area (TPSA) is 101 Å². The molecule has 1 saturated heterocycles. The minimum absolute atomic E-state index is 0.187. The number of hydrogen-bond acceptors (Lipinski definition) is 5. The van der Waals surface area contributed by atoms with E-state index in [0.717, 1.165) is 0 Å². The van der Waals surface area contributed by atoms with Gasteiger partial charge in [0.2, 0.25) is 0 Å². The van der Waals surface area contributed by atoms with E-state index in [1.54, 1.807) is 30.1 Å². The molecular weight excluding hydrogens is 361 g/mol. The van der Waals surface area contributed by atoms with Crippen molar-refractivity contribution >= 4 is 28.0 Å². The average molecular weight is 379 g/mol. The first kappa shape index (κ1) is 16.8. The zero-order valence-corrected chi connectivity index (χ0v) is 15.4. The highest BCUT2D eigenvalue weighted by molar-refractivity contribution is 6.03. The van der Waals surface area contributed by atoms with Gasteiger partial charge in [0.15, 0.2) is 11.3 Å². The van der Waals surface area contributed by atoms with Crippen LogP contribution in [0.4, 0.5) is 4.39 Å². The lowest BCUT2D eigenvalue weighted by Gasteiger charge is -2.39. The van der Waals surface area contributed by atoms with E-state index < -0.39 is 0 Å². The maximum atomic E-state index is 13.7. The molecule has 1 aromatic carbocycles. The second-order valence-corrected chi connectivity index (χ2v) is 7.38. The van der Waals surface area contributed by atoms with Gasteiger partial charge in [0.05, 0.1) is 11.1 Å². The van der Waals surface area contributed by atoms with Crippen molar-refractivity contribution in [2.75, 3.05) is 13.1 Å². The first-order valence-corrected chi connectivity index (χ1v) is 8.94. The molecule has 1 amide bonds. The van der Waals surface area contributed by atoms with Crippen LogP contribution in [0.25, 0.3) is 33.5 Å². The predicted octanol–water partition coefficient (Wildman–Crippen LogP) is 1.74. The number of nitrogens with zero attached hydrogens (tertiary/aromatic N) is 4. The molecule has 1 fully saturated rings. The molecule has 1 aliphatic heterocycles. The fraction of sp³-hybridized carbons (Fsp3) is 0.263. The number of carbonyl (C=O) groups is 1. The fourth-order valence-electron chi connectivity index (χ4n) is 3.52. The lowest BCUT2D eigenvalue weighted by Crippen LogP contribution is -2.67. The highest BCUT2D eigenvalue weighted by Crippen LogP contribution is 2.30. The van der Waals surface area contributed by atoms with Gasteiger partial charge in [-0.3, -0.25) is 9.48 Å². The summed E-state index contributed by atoms with van der Waals surface area (Å²) in [5.41, 5.74) is 2.50. The van der Waals surface area contributed by atoms with Gasteiger partial charge in [-0.2, -0.15) is 5.10 Å². The van der Waals surface area contributed by atoms with Crippen molar-refractivity contribution in [1.29, 1.82) is 0 Å². The molecule has 4 aromatic rings. The van der Waals surface area contributed by atoms with E-state index >= 15 is 0 Å². The van der Waals surface area contributed by atoms with E-state index in [-0.39, 0.29) is 23.0 Å². The lowest BCUT2D eigenvalue weighted by molar-refractivity contribution is 0.0867. The van der Waals surface area contributed by atoms with Gasteiger partial charge >= 0.3 is 0 Å². The second-order valence-electron chi connectivity index (χ2n) is 7.38. The smallest absolute Gasteiger partial charge is 0.272 e. The van der Waals surface area contributed by atoms with Gasteiger partial charge in [-0.25, -0.2) is 14.4 Å². The average Bonchev–Trinajstić information content (AvgIpc) is 3.23.